The van der Waals surface area contributed by atoms with E-state index in [4.69, 9.17) is 9.31 Å². The monoisotopic (exact) mass is 542 g/mol. The molecule has 0 N–H and O–H groups in total. The van der Waals surface area contributed by atoms with Gasteiger partial charge in [-0.1, -0.05) is 0 Å². The van der Waals surface area contributed by atoms with E-state index in [1.807, 2.05) is 0 Å². The van der Waals surface area contributed by atoms with Crippen molar-refractivity contribution in [3.8, 4) is 0 Å². The molecule has 1 aliphatic rings. The zero-order valence-corrected chi connectivity index (χ0v) is 26.8. The summed E-state index contributed by atoms with van der Waals surface area (Å²) in [6.45, 7) is 36.2. The zero-order chi connectivity index (χ0) is 24.7. The second-order valence-corrected chi connectivity index (χ2v) is 33.3. The molecule has 0 saturated carbocycles. The molecule has 0 amide bonds. The van der Waals surface area contributed by atoms with E-state index in [9.17, 15) is 0 Å². The molecule has 1 saturated heterocycles. The molecule has 0 aliphatic carbocycles. The fourth-order valence-electron chi connectivity index (χ4n) is 7.51. The van der Waals surface area contributed by atoms with Crippen LogP contribution in [-0.4, -0.2) is 36.7 Å². The van der Waals surface area contributed by atoms with Gasteiger partial charge >= 0.3 is 201 Å². The van der Waals surface area contributed by atoms with Crippen molar-refractivity contribution in [2.75, 3.05) is 0 Å². The molecule has 1 aliphatic heterocycles. The van der Waals surface area contributed by atoms with Crippen LogP contribution in [0.5, 0.6) is 0 Å². The summed E-state index contributed by atoms with van der Waals surface area (Å²) in [5, 5.41) is 0. The molecule has 182 valence electrons. The third kappa shape index (κ3) is 5.61. The number of hydrogen-bond acceptors (Lipinski definition) is 2. The quantitative estimate of drug-likeness (QED) is 0.236. The van der Waals surface area contributed by atoms with E-state index in [0.717, 1.165) is 6.42 Å². The molecule has 2 nitrogen and oxygen atoms in total. The van der Waals surface area contributed by atoms with Gasteiger partial charge in [0, 0.05) is 0 Å². The van der Waals surface area contributed by atoms with Gasteiger partial charge < -0.3 is 0 Å². The second-order valence-electron chi connectivity index (χ2n) is 14.0. The van der Waals surface area contributed by atoms with Crippen molar-refractivity contribution >= 4 is 25.5 Å². The predicted molar refractivity (Wildman–Crippen MR) is 142 cm³/mol. The van der Waals surface area contributed by atoms with Crippen LogP contribution in [0.3, 0.4) is 0 Å². The predicted octanol–water partition coefficient (Wildman–Crippen LogP) is 9.29. The van der Waals surface area contributed by atoms with Crippen LogP contribution in [0.15, 0.2) is 9.06 Å². The molecule has 0 aromatic heterocycles. The van der Waals surface area contributed by atoms with Crippen LogP contribution in [-0.2, 0) is 9.31 Å². The van der Waals surface area contributed by atoms with Crippen molar-refractivity contribution in [2.24, 2.45) is 0 Å². The molecule has 0 aromatic carbocycles. The van der Waals surface area contributed by atoms with E-state index in [2.05, 4.69) is 104 Å². The van der Waals surface area contributed by atoms with Crippen molar-refractivity contribution in [1.82, 2.24) is 0 Å². The Hall–Kier alpha value is 0.524. The van der Waals surface area contributed by atoms with E-state index >= 15 is 0 Å². The van der Waals surface area contributed by atoms with Crippen molar-refractivity contribution in [3.63, 3.8) is 0 Å². The summed E-state index contributed by atoms with van der Waals surface area (Å²) in [5.41, 5.74) is 0.886. The summed E-state index contributed by atoms with van der Waals surface area (Å²) < 4.78 is 15.9. The molecule has 4 heteroatoms. The minimum atomic E-state index is -3.12. The SMILES string of the molecule is CCCCCC/C(B1OC(C)(C)C(C)(C)O1)=[C](\C)[Sn]([C](C)(C)C)([C](C)(C)C)[C](C)(C)C. The Bertz CT molecular complexity index is 590. The summed E-state index contributed by atoms with van der Waals surface area (Å²) in [6, 6.07) is 0. The molecule has 0 bridgehead atoms. The number of allylic oxidation sites excluding steroid dienone is 2. The molecule has 0 atom stereocenters. The van der Waals surface area contributed by atoms with E-state index < -0.39 is 18.4 Å². The topological polar surface area (TPSA) is 18.5 Å². The van der Waals surface area contributed by atoms with Gasteiger partial charge in [0.05, 0.1) is 0 Å². The molecule has 0 radical (unpaired) electrons. The second kappa shape index (κ2) is 9.64. The van der Waals surface area contributed by atoms with Crippen LogP contribution in [0.1, 0.15) is 136 Å². The number of unbranched alkanes of at least 4 members (excludes halogenated alkanes) is 3. The Kier molecular flexibility index (Phi) is 9.19. The summed E-state index contributed by atoms with van der Waals surface area (Å²) in [4.78, 5) is 0. The first-order valence-electron chi connectivity index (χ1n) is 12.7. The van der Waals surface area contributed by atoms with Gasteiger partial charge in [0.2, 0.25) is 0 Å². The van der Waals surface area contributed by atoms with Crippen molar-refractivity contribution in [3.05, 3.63) is 9.06 Å². The van der Waals surface area contributed by atoms with Crippen molar-refractivity contribution < 1.29 is 9.31 Å². The number of rotatable bonds is 7. The normalized spacial score (nSPS) is 20.8. The van der Waals surface area contributed by atoms with Crippen LogP contribution >= 0.6 is 0 Å². The van der Waals surface area contributed by atoms with Gasteiger partial charge in [-0.3, -0.25) is 0 Å². The summed E-state index contributed by atoms with van der Waals surface area (Å²) in [5.74, 6) is 0. The van der Waals surface area contributed by atoms with Crippen LogP contribution < -0.4 is 0 Å². The van der Waals surface area contributed by atoms with E-state index in [0.29, 0.717) is 0 Å². The third-order valence-electron chi connectivity index (χ3n) is 8.26. The third-order valence-corrected chi connectivity index (χ3v) is 31.6. The first-order valence-corrected chi connectivity index (χ1v) is 18.4. The van der Waals surface area contributed by atoms with Gasteiger partial charge in [0.1, 0.15) is 0 Å². The Labute approximate surface area is 200 Å². The van der Waals surface area contributed by atoms with Crippen molar-refractivity contribution in [1.29, 1.82) is 0 Å². The molecular formula is C27H55BO2Sn. The molecule has 1 fully saturated rings. The molecule has 31 heavy (non-hydrogen) atoms. The number of hydrogen-bond donors (Lipinski definition) is 0. The van der Waals surface area contributed by atoms with Gasteiger partial charge in [-0.15, -0.1) is 0 Å². The van der Waals surface area contributed by atoms with Gasteiger partial charge in [0.25, 0.3) is 0 Å². The van der Waals surface area contributed by atoms with Gasteiger partial charge in [-0.25, -0.2) is 0 Å². The molecule has 0 spiro atoms. The molecule has 0 aromatic rings. The average Bonchev–Trinajstić information content (AvgIpc) is 2.70. The Morgan fingerprint density at radius 2 is 1.10 bits per heavy atom. The zero-order valence-electron chi connectivity index (χ0n) is 23.9. The standard InChI is InChI=1S/C15H28BO2.3C4H9.Sn/c1-7-9-10-11-12-13(8-2)16-17-14(3,4)15(5,6)18-16;3*1-4(2)3;/h7,9-12H2,1-6H3;3*1-3H3;. The van der Waals surface area contributed by atoms with Gasteiger partial charge in [-0.05, 0) is 0 Å². The van der Waals surface area contributed by atoms with E-state index in [1.54, 1.807) is 3.59 Å². The molecule has 0 unspecified atom stereocenters. The fourth-order valence-corrected chi connectivity index (χ4v) is 38.5. The van der Waals surface area contributed by atoms with E-state index in [-0.39, 0.29) is 28.6 Å². The van der Waals surface area contributed by atoms with Crippen LogP contribution in [0.2, 0.25) is 10.3 Å². The molecule has 1 rings (SSSR count). The van der Waals surface area contributed by atoms with Gasteiger partial charge in [0.15, 0.2) is 0 Å². The average molecular weight is 541 g/mol. The summed E-state index contributed by atoms with van der Waals surface area (Å²) in [6.07, 6.45) is 6.19. The summed E-state index contributed by atoms with van der Waals surface area (Å²) in [7, 11) is -0.213. The molecular weight excluding hydrogens is 486 g/mol. The maximum atomic E-state index is 6.69. The van der Waals surface area contributed by atoms with Crippen LogP contribution in [0.4, 0.5) is 0 Å². The molecule has 1 heterocycles. The van der Waals surface area contributed by atoms with Crippen LogP contribution in [0, 0.1) is 0 Å². The maximum absolute atomic E-state index is 6.69. The minimum absolute atomic E-state index is 0.213. The fraction of sp³-hybridized carbons (Fsp3) is 0.926. The Morgan fingerprint density at radius 1 is 0.710 bits per heavy atom. The van der Waals surface area contributed by atoms with E-state index in [1.165, 1.54) is 31.2 Å². The first kappa shape index (κ1) is 29.6. The first-order chi connectivity index (χ1) is 13.7. The Morgan fingerprint density at radius 3 is 1.42 bits per heavy atom. The Balaban J connectivity index is 3.79. The summed E-state index contributed by atoms with van der Waals surface area (Å²) >= 11 is -3.12. The van der Waals surface area contributed by atoms with Gasteiger partial charge in [-0.2, -0.15) is 0 Å². The van der Waals surface area contributed by atoms with Crippen molar-refractivity contribution in [2.45, 2.75) is 157 Å². The van der Waals surface area contributed by atoms with Crippen LogP contribution in [0.25, 0.3) is 0 Å².